The number of aliphatic carboxylic acids is 1. The van der Waals surface area contributed by atoms with Gasteiger partial charge in [0, 0.05) is 0 Å². The smallest absolute Gasteiger partial charge is 0.481 e. The van der Waals surface area contributed by atoms with Crippen LogP contribution in [0.3, 0.4) is 0 Å². The second-order valence-corrected chi connectivity index (χ2v) is 5.92. The Kier molecular flexibility index (Phi) is 3.77. The van der Waals surface area contributed by atoms with E-state index in [4.69, 9.17) is 5.11 Å². The van der Waals surface area contributed by atoms with Crippen LogP contribution in [0.5, 0.6) is 5.75 Å². The summed E-state index contributed by atoms with van der Waals surface area (Å²) >= 11 is 0. The fraction of sp³-hybridized carbons (Fsp3) is 0.375. The summed E-state index contributed by atoms with van der Waals surface area (Å²) in [4.78, 5) is 23.2. The van der Waals surface area contributed by atoms with Crippen molar-refractivity contribution in [1.29, 1.82) is 0 Å². The monoisotopic (exact) mass is 341 g/mol. The van der Waals surface area contributed by atoms with E-state index in [0.29, 0.717) is 18.4 Å². The van der Waals surface area contributed by atoms with E-state index in [1.807, 2.05) is 0 Å². The predicted molar refractivity (Wildman–Crippen MR) is 75.9 cm³/mol. The normalized spacial score (nSPS) is 24.0. The van der Waals surface area contributed by atoms with Gasteiger partial charge in [0.15, 0.2) is 0 Å². The Balaban J connectivity index is 1.73. The molecule has 2 aliphatic rings. The van der Waals surface area contributed by atoms with Crippen LogP contribution in [0.2, 0.25) is 0 Å². The van der Waals surface area contributed by atoms with Crippen molar-refractivity contribution in [2.24, 2.45) is 11.8 Å². The molecule has 0 bridgehead atoms. The molecule has 1 aromatic rings. The molecule has 2 aliphatic carbocycles. The molecule has 0 aliphatic heterocycles. The van der Waals surface area contributed by atoms with Gasteiger partial charge in [0.2, 0.25) is 5.91 Å². The quantitative estimate of drug-likeness (QED) is 0.807. The minimum atomic E-state index is -4.79. The summed E-state index contributed by atoms with van der Waals surface area (Å²) in [6.45, 7) is 0. The van der Waals surface area contributed by atoms with Gasteiger partial charge in [-0.2, -0.15) is 0 Å². The molecule has 8 heteroatoms. The van der Waals surface area contributed by atoms with Gasteiger partial charge in [0.05, 0.1) is 17.4 Å². The number of carbonyl (C=O) groups excluding carboxylic acids is 1. The highest BCUT2D eigenvalue weighted by Crippen LogP contribution is 2.47. The lowest BCUT2D eigenvalue weighted by Crippen LogP contribution is -2.44. The molecule has 1 fully saturated rings. The number of ether oxygens (including phenoxy) is 1. The number of alkyl halides is 3. The summed E-state index contributed by atoms with van der Waals surface area (Å²) in [5.74, 6) is -3.49. The number of carboxylic acids is 1. The molecule has 0 unspecified atom stereocenters. The second-order valence-electron chi connectivity index (χ2n) is 5.92. The van der Waals surface area contributed by atoms with E-state index >= 15 is 0 Å². The van der Waals surface area contributed by atoms with E-state index < -0.39 is 35.6 Å². The van der Waals surface area contributed by atoms with Crippen molar-refractivity contribution in [3.05, 3.63) is 42.0 Å². The Bertz CT molecular complexity index is 710. The molecular formula is C16H14F3NO4. The van der Waals surface area contributed by atoms with E-state index in [0.717, 1.165) is 0 Å². The van der Waals surface area contributed by atoms with Crippen molar-refractivity contribution in [2.75, 3.05) is 0 Å². The SMILES string of the molecule is O=C(NC1(c2cccc(OC(F)(F)F)c2)CC1)[C@H]1C=C[C@H]1C(=O)O. The minimum absolute atomic E-state index is 0.354. The highest BCUT2D eigenvalue weighted by atomic mass is 19.4. The number of rotatable bonds is 5. The molecule has 1 aromatic carbocycles. The average Bonchev–Trinajstić information content (AvgIpc) is 3.15. The van der Waals surface area contributed by atoms with Crippen molar-refractivity contribution in [1.82, 2.24) is 5.32 Å². The summed E-state index contributed by atoms with van der Waals surface area (Å²) < 4.78 is 40.9. The number of nitrogens with one attached hydrogen (secondary N) is 1. The molecule has 3 rings (SSSR count). The van der Waals surface area contributed by atoms with E-state index in [2.05, 4.69) is 10.1 Å². The fourth-order valence-corrected chi connectivity index (χ4v) is 2.74. The third kappa shape index (κ3) is 3.22. The first-order valence-electron chi connectivity index (χ1n) is 7.30. The van der Waals surface area contributed by atoms with Crippen LogP contribution in [0.4, 0.5) is 13.2 Å². The molecule has 0 saturated heterocycles. The molecule has 0 heterocycles. The van der Waals surface area contributed by atoms with Gasteiger partial charge >= 0.3 is 12.3 Å². The zero-order valence-corrected chi connectivity index (χ0v) is 12.3. The maximum atomic E-state index is 12.3. The number of amides is 1. The largest absolute Gasteiger partial charge is 0.573 e. The zero-order valence-electron chi connectivity index (χ0n) is 12.3. The maximum absolute atomic E-state index is 12.3. The van der Waals surface area contributed by atoms with Crippen LogP contribution in [0.1, 0.15) is 18.4 Å². The van der Waals surface area contributed by atoms with E-state index in [1.165, 1.54) is 30.4 Å². The Morgan fingerprint density at radius 3 is 2.38 bits per heavy atom. The molecule has 2 atom stereocenters. The van der Waals surface area contributed by atoms with Crippen LogP contribution < -0.4 is 10.1 Å². The van der Waals surface area contributed by atoms with Gasteiger partial charge in [-0.25, -0.2) is 0 Å². The second kappa shape index (κ2) is 5.54. The lowest BCUT2D eigenvalue weighted by molar-refractivity contribution is -0.274. The lowest BCUT2D eigenvalue weighted by atomic mass is 9.81. The first-order chi connectivity index (χ1) is 11.2. The molecule has 5 nitrogen and oxygen atoms in total. The van der Waals surface area contributed by atoms with Crippen LogP contribution >= 0.6 is 0 Å². The van der Waals surface area contributed by atoms with Crippen LogP contribution in [0.25, 0.3) is 0 Å². The summed E-state index contributed by atoms with van der Waals surface area (Å²) in [7, 11) is 0. The number of hydrogen-bond acceptors (Lipinski definition) is 3. The Hall–Kier alpha value is -2.51. The minimum Gasteiger partial charge on any atom is -0.481 e. The average molecular weight is 341 g/mol. The van der Waals surface area contributed by atoms with Crippen LogP contribution in [-0.4, -0.2) is 23.3 Å². The molecule has 0 radical (unpaired) electrons. The summed E-state index contributed by atoms with van der Waals surface area (Å²) in [6, 6.07) is 5.46. The van der Waals surface area contributed by atoms with Gasteiger partial charge in [-0.05, 0) is 30.5 Å². The number of carboxylic acid groups (broad SMARTS) is 1. The molecule has 24 heavy (non-hydrogen) atoms. The third-order valence-corrected chi connectivity index (χ3v) is 4.23. The molecular weight excluding hydrogens is 327 g/mol. The molecule has 0 aromatic heterocycles. The molecule has 2 N–H and O–H groups in total. The predicted octanol–water partition coefficient (Wildman–Crippen LogP) is 2.58. The number of carbonyl (C=O) groups is 2. The molecule has 0 spiro atoms. The Morgan fingerprint density at radius 2 is 1.88 bits per heavy atom. The van der Waals surface area contributed by atoms with E-state index in [1.54, 1.807) is 6.07 Å². The van der Waals surface area contributed by atoms with Crippen molar-refractivity contribution < 1.29 is 32.6 Å². The van der Waals surface area contributed by atoms with Crippen molar-refractivity contribution in [3.8, 4) is 5.75 Å². The lowest BCUT2D eigenvalue weighted by Gasteiger charge is -2.28. The molecule has 128 valence electrons. The Labute approximate surface area is 135 Å². The summed E-state index contributed by atoms with van der Waals surface area (Å²) in [6.07, 6.45) is -0.702. The van der Waals surface area contributed by atoms with Gasteiger partial charge in [-0.3, -0.25) is 9.59 Å². The fourth-order valence-electron chi connectivity index (χ4n) is 2.74. The van der Waals surface area contributed by atoms with Gasteiger partial charge in [-0.1, -0.05) is 24.3 Å². The first kappa shape index (κ1) is 16.4. The number of halogens is 3. The third-order valence-electron chi connectivity index (χ3n) is 4.23. The summed E-state index contributed by atoms with van der Waals surface area (Å²) in [5.41, 5.74) is -0.248. The van der Waals surface area contributed by atoms with Crippen LogP contribution in [-0.2, 0) is 15.1 Å². The number of hydrogen-bond donors (Lipinski definition) is 2. The van der Waals surface area contributed by atoms with Crippen molar-refractivity contribution in [2.45, 2.75) is 24.7 Å². The van der Waals surface area contributed by atoms with Crippen molar-refractivity contribution >= 4 is 11.9 Å². The highest BCUT2D eigenvalue weighted by molar-refractivity contribution is 5.90. The highest BCUT2D eigenvalue weighted by Gasteiger charge is 2.48. The van der Waals surface area contributed by atoms with Gasteiger partial charge in [0.25, 0.3) is 0 Å². The first-order valence-corrected chi connectivity index (χ1v) is 7.30. The Morgan fingerprint density at radius 1 is 1.21 bits per heavy atom. The van der Waals surface area contributed by atoms with E-state index in [9.17, 15) is 22.8 Å². The van der Waals surface area contributed by atoms with Crippen LogP contribution in [0, 0.1) is 11.8 Å². The zero-order chi connectivity index (χ0) is 17.5. The van der Waals surface area contributed by atoms with Crippen LogP contribution in [0.15, 0.2) is 36.4 Å². The molecule has 1 amide bonds. The summed E-state index contributed by atoms with van der Waals surface area (Å²) in [5, 5.41) is 11.7. The van der Waals surface area contributed by atoms with Gasteiger partial charge < -0.3 is 15.2 Å². The number of benzene rings is 1. The standard InChI is InChI=1S/C16H14F3NO4/c17-16(18,19)24-10-3-1-2-9(8-10)15(6-7-15)20-13(21)11-4-5-12(11)14(22)23/h1-5,8,11-12H,6-7H2,(H,20,21)(H,22,23)/t11-,12+/m0/s1. The van der Waals surface area contributed by atoms with E-state index in [-0.39, 0.29) is 5.75 Å². The van der Waals surface area contributed by atoms with Gasteiger partial charge in [0.1, 0.15) is 5.75 Å². The topological polar surface area (TPSA) is 75.6 Å². The molecule has 1 saturated carbocycles. The maximum Gasteiger partial charge on any atom is 0.573 e. The van der Waals surface area contributed by atoms with Gasteiger partial charge in [-0.15, -0.1) is 13.2 Å². The van der Waals surface area contributed by atoms with Crippen molar-refractivity contribution in [3.63, 3.8) is 0 Å².